The van der Waals surface area contributed by atoms with Crippen LogP contribution in [0, 0.1) is 6.92 Å². The SMILES string of the molecule is Cc1c(NS(C)(=O)=O)cccc1C(=O)Nc1cccc(C(N)=O)c1. The van der Waals surface area contributed by atoms with E-state index < -0.39 is 21.8 Å². The third-order valence-corrected chi connectivity index (χ3v) is 3.87. The smallest absolute Gasteiger partial charge is 0.256 e. The topological polar surface area (TPSA) is 118 Å². The zero-order chi connectivity index (χ0) is 17.9. The minimum absolute atomic E-state index is 0.275. The van der Waals surface area contributed by atoms with E-state index in [1.807, 2.05) is 0 Å². The summed E-state index contributed by atoms with van der Waals surface area (Å²) < 4.78 is 25.1. The summed E-state index contributed by atoms with van der Waals surface area (Å²) in [5.41, 5.74) is 7.03. The fraction of sp³-hybridized carbons (Fsp3) is 0.125. The quantitative estimate of drug-likeness (QED) is 0.763. The molecule has 7 nitrogen and oxygen atoms in total. The summed E-state index contributed by atoms with van der Waals surface area (Å²) in [6.07, 6.45) is 1.04. The Morgan fingerprint density at radius 1 is 1.08 bits per heavy atom. The van der Waals surface area contributed by atoms with Crippen LogP contribution < -0.4 is 15.8 Å². The molecule has 0 aliphatic heterocycles. The maximum Gasteiger partial charge on any atom is 0.256 e. The second kappa shape index (κ2) is 6.71. The molecular formula is C16H17N3O4S. The highest BCUT2D eigenvalue weighted by molar-refractivity contribution is 7.92. The molecule has 0 spiro atoms. The van der Waals surface area contributed by atoms with Gasteiger partial charge in [-0.15, -0.1) is 0 Å². The lowest BCUT2D eigenvalue weighted by molar-refractivity contribution is 0.0996. The summed E-state index contributed by atoms with van der Waals surface area (Å²) in [5, 5.41) is 2.66. The Kier molecular flexibility index (Phi) is 4.89. The van der Waals surface area contributed by atoms with Gasteiger partial charge in [0.25, 0.3) is 5.91 Å². The number of amides is 2. The van der Waals surface area contributed by atoms with Crippen LogP contribution >= 0.6 is 0 Å². The maximum atomic E-state index is 12.4. The van der Waals surface area contributed by atoms with Crippen LogP contribution in [0.1, 0.15) is 26.3 Å². The first-order valence-electron chi connectivity index (χ1n) is 6.96. The van der Waals surface area contributed by atoms with E-state index in [1.54, 1.807) is 43.3 Å². The lowest BCUT2D eigenvalue weighted by atomic mass is 10.1. The van der Waals surface area contributed by atoms with Gasteiger partial charge in [0.05, 0.1) is 11.9 Å². The number of sulfonamides is 1. The first-order chi connectivity index (χ1) is 11.2. The van der Waals surface area contributed by atoms with Crippen molar-refractivity contribution in [1.82, 2.24) is 0 Å². The maximum absolute atomic E-state index is 12.4. The highest BCUT2D eigenvalue weighted by Crippen LogP contribution is 2.21. The van der Waals surface area contributed by atoms with Crippen molar-refractivity contribution in [2.45, 2.75) is 6.92 Å². The summed E-state index contributed by atoms with van der Waals surface area (Å²) in [7, 11) is -3.45. The molecule has 0 aromatic heterocycles. The van der Waals surface area contributed by atoms with Gasteiger partial charge in [-0.3, -0.25) is 14.3 Å². The first-order valence-corrected chi connectivity index (χ1v) is 8.85. The predicted molar refractivity (Wildman–Crippen MR) is 92.6 cm³/mol. The number of hydrogen-bond acceptors (Lipinski definition) is 4. The molecule has 0 heterocycles. The van der Waals surface area contributed by atoms with E-state index in [4.69, 9.17) is 5.73 Å². The van der Waals surface area contributed by atoms with Gasteiger partial charge in [-0.2, -0.15) is 0 Å². The monoisotopic (exact) mass is 347 g/mol. The van der Waals surface area contributed by atoms with Crippen LogP contribution in [0.5, 0.6) is 0 Å². The summed E-state index contributed by atoms with van der Waals surface area (Å²) in [6.45, 7) is 1.64. The summed E-state index contributed by atoms with van der Waals surface area (Å²) in [6, 6.07) is 11.0. The molecular weight excluding hydrogens is 330 g/mol. The Morgan fingerprint density at radius 2 is 1.75 bits per heavy atom. The fourth-order valence-electron chi connectivity index (χ4n) is 2.14. The third kappa shape index (κ3) is 4.32. The van der Waals surface area contributed by atoms with Gasteiger partial charge in [0.1, 0.15) is 0 Å². The molecule has 0 saturated heterocycles. The Morgan fingerprint density at radius 3 is 2.38 bits per heavy atom. The van der Waals surface area contributed by atoms with Crippen LogP contribution in [-0.4, -0.2) is 26.5 Å². The Bertz CT molecular complexity index is 907. The van der Waals surface area contributed by atoms with E-state index in [2.05, 4.69) is 10.0 Å². The number of primary amides is 1. The Balaban J connectivity index is 2.29. The molecule has 2 aromatic carbocycles. The standard InChI is InChI=1S/C16H17N3O4S/c1-10-13(7-4-8-14(10)19-24(2,22)23)16(21)18-12-6-3-5-11(9-12)15(17)20/h3-9,19H,1-2H3,(H2,17,20)(H,18,21). The lowest BCUT2D eigenvalue weighted by Gasteiger charge is -2.12. The summed E-state index contributed by atoms with van der Waals surface area (Å²) in [4.78, 5) is 23.6. The van der Waals surface area contributed by atoms with Gasteiger partial charge in [-0.1, -0.05) is 12.1 Å². The average molecular weight is 347 g/mol. The molecule has 4 N–H and O–H groups in total. The van der Waals surface area contributed by atoms with E-state index in [9.17, 15) is 18.0 Å². The van der Waals surface area contributed by atoms with Gasteiger partial charge >= 0.3 is 0 Å². The van der Waals surface area contributed by atoms with E-state index >= 15 is 0 Å². The largest absolute Gasteiger partial charge is 0.366 e. The molecule has 126 valence electrons. The van der Waals surface area contributed by atoms with E-state index in [-0.39, 0.29) is 5.56 Å². The highest BCUT2D eigenvalue weighted by atomic mass is 32.2. The molecule has 0 radical (unpaired) electrons. The third-order valence-electron chi connectivity index (χ3n) is 3.28. The molecule has 0 aliphatic carbocycles. The zero-order valence-electron chi connectivity index (χ0n) is 13.2. The minimum atomic E-state index is -3.45. The van der Waals surface area contributed by atoms with Gasteiger partial charge in [0, 0.05) is 16.8 Å². The van der Waals surface area contributed by atoms with E-state index in [1.165, 1.54) is 6.07 Å². The lowest BCUT2D eigenvalue weighted by Crippen LogP contribution is -2.17. The van der Waals surface area contributed by atoms with Crippen LogP contribution in [0.3, 0.4) is 0 Å². The van der Waals surface area contributed by atoms with Gasteiger partial charge < -0.3 is 11.1 Å². The number of rotatable bonds is 5. The van der Waals surface area contributed by atoms with Gasteiger partial charge in [0.2, 0.25) is 15.9 Å². The molecule has 2 rings (SSSR count). The number of nitrogens with one attached hydrogen (secondary N) is 2. The molecule has 0 aliphatic rings. The van der Waals surface area contributed by atoms with Crippen molar-refractivity contribution in [2.75, 3.05) is 16.3 Å². The number of carbonyl (C=O) groups excluding carboxylic acids is 2. The van der Waals surface area contributed by atoms with Crippen molar-refractivity contribution in [3.63, 3.8) is 0 Å². The van der Waals surface area contributed by atoms with Crippen LogP contribution in [-0.2, 0) is 10.0 Å². The summed E-state index contributed by atoms with van der Waals surface area (Å²) >= 11 is 0. The van der Waals surface area contributed by atoms with Crippen molar-refractivity contribution >= 4 is 33.2 Å². The van der Waals surface area contributed by atoms with Crippen molar-refractivity contribution in [3.05, 3.63) is 59.2 Å². The molecule has 24 heavy (non-hydrogen) atoms. The molecule has 0 fully saturated rings. The number of nitrogens with two attached hydrogens (primary N) is 1. The second-order valence-electron chi connectivity index (χ2n) is 5.25. The van der Waals surface area contributed by atoms with Gasteiger partial charge in [-0.25, -0.2) is 8.42 Å². The molecule has 0 atom stereocenters. The van der Waals surface area contributed by atoms with Crippen molar-refractivity contribution in [2.24, 2.45) is 5.73 Å². The zero-order valence-corrected chi connectivity index (χ0v) is 14.0. The van der Waals surface area contributed by atoms with Crippen molar-refractivity contribution < 1.29 is 18.0 Å². The van der Waals surface area contributed by atoms with Gasteiger partial charge in [-0.05, 0) is 42.8 Å². The summed E-state index contributed by atoms with van der Waals surface area (Å²) in [5.74, 6) is -1.02. The second-order valence-corrected chi connectivity index (χ2v) is 7.00. The van der Waals surface area contributed by atoms with Crippen LogP contribution in [0.25, 0.3) is 0 Å². The average Bonchev–Trinajstić information content (AvgIpc) is 2.48. The van der Waals surface area contributed by atoms with Crippen molar-refractivity contribution in [3.8, 4) is 0 Å². The number of hydrogen-bond donors (Lipinski definition) is 3. The molecule has 2 amide bonds. The molecule has 8 heteroatoms. The molecule has 2 aromatic rings. The molecule has 0 unspecified atom stereocenters. The van der Waals surface area contributed by atoms with Gasteiger partial charge in [0.15, 0.2) is 0 Å². The van der Waals surface area contributed by atoms with Crippen molar-refractivity contribution in [1.29, 1.82) is 0 Å². The van der Waals surface area contributed by atoms with E-state index in [0.717, 1.165) is 6.26 Å². The molecule has 0 bridgehead atoms. The molecule has 0 saturated carbocycles. The number of anilines is 2. The Hall–Kier alpha value is -2.87. The van der Waals surface area contributed by atoms with Crippen LogP contribution in [0.4, 0.5) is 11.4 Å². The predicted octanol–water partition coefficient (Wildman–Crippen LogP) is 1.72. The highest BCUT2D eigenvalue weighted by Gasteiger charge is 2.14. The van der Waals surface area contributed by atoms with Crippen LogP contribution in [0.2, 0.25) is 0 Å². The minimum Gasteiger partial charge on any atom is -0.366 e. The van der Waals surface area contributed by atoms with Crippen LogP contribution in [0.15, 0.2) is 42.5 Å². The Labute approximate surface area is 139 Å². The fourth-order valence-corrected chi connectivity index (χ4v) is 2.76. The number of carbonyl (C=O) groups is 2. The van der Waals surface area contributed by atoms with E-state index in [0.29, 0.717) is 22.5 Å². The first kappa shape index (κ1) is 17.5. The number of benzene rings is 2. The normalized spacial score (nSPS) is 10.9.